The molecule has 1 atom stereocenters. The third-order valence-corrected chi connectivity index (χ3v) is 4.22. The number of hydrogen-bond acceptors (Lipinski definition) is 2. The maximum atomic E-state index is 12.6. The van der Waals surface area contributed by atoms with E-state index in [-0.39, 0.29) is 11.8 Å². The fourth-order valence-corrected chi connectivity index (χ4v) is 3.01. The zero-order valence-corrected chi connectivity index (χ0v) is 12.8. The Balaban J connectivity index is 1.99. The number of carbonyl (C=O) groups is 2. The number of halogens is 1. The molecule has 2 N–H and O–H groups in total. The molecule has 21 heavy (non-hydrogen) atoms. The standard InChI is InChI=1S/C15H14BrN3O2/c16-11-5-2-1-4-10(11)13-14(20)18-8-9-19(13)15(21)12-6-3-7-17-12/h1-7,13,17H,8-9H2,(H,18,20)/t13-/m1/s1. The minimum atomic E-state index is -0.620. The van der Waals surface area contributed by atoms with Gasteiger partial charge in [-0.2, -0.15) is 0 Å². The molecule has 0 bridgehead atoms. The van der Waals surface area contributed by atoms with Crippen molar-refractivity contribution in [3.63, 3.8) is 0 Å². The van der Waals surface area contributed by atoms with Crippen LogP contribution in [0.5, 0.6) is 0 Å². The largest absolute Gasteiger partial charge is 0.357 e. The molecule has 0 saturated carbocycles. The fraction of sp³-hybridized carbons (Fsp3) is 0.200. The number of benzene rings is 1. The second kappa shape index (κ2) is 5.73. The van der Waals surface area contributed by atoms with E-state index >= 15 is 0 Å². The van der Waals surface area contributed by atoms with Crippen LogP contribution in [-0.2, 0) is 4.79 Å². The number of H-pyrrole nitrogens is 1. The highest BCUT2D eigenvalue weighted by atomic mass is 79.9. The van der Waals surface area contributed by atoms with Crippen LogP contribution in [0.15, 0.2) is 47.1 Å². The van der Waals surface area contributed by atoms with Crippen LogP contribution >= 0.6 is 15.9 Å². The van der Waals surface area contributed by atoms with Crippen molar-refractivity contribution < 1.29 is 9.59 Å². The maximum Gasteiger partial charge on any atom is 0.271 e. The van der Waals surface area contributed by atoms with E-state index in [1.165, 1.54) is 0 Å². The zero-order valence-electron chi connectivity index (χ0n) is 11.2. The summed E-state index contributed by atoms with van der Waals surface area (Å²) in [5.41, 5.74) is 1.27. The number of nitrogens with zero attached hydrogens (tertiary/aromatic N) is 1. The monoisotopic (exact) mass is 347 g/mol. The molecular weight excluding hydrogens is 334 g/mol. The molecule has 3 rings (SSSR count). The molecule has 1 aliphatic rings. The topological polar surface area (TPSA) is 65.2 Å². The van der Waals surface area contributed by atoms with Crippen molar-refractivity contribution in [2.24, 2.45) is 0 Å². The number of piperazine rings is 1. The molecule has 6 heteroatoms. The highest BCUT2D eigenvalue weighted by Crippen LogP contribution is 2.30. The normalized spacial score (nSPS) is 18.4. The lowest BCUT2D eigenvalue weighted by Gasteiger charge is -2.35. The summed E-state index contributed by atoms with van der Waals surface area (Å²) in [4.78, 5) is 29.4. The molecule has 0 spiro atoms. The first-order valence-corrected chi connectivity index (χ1v) is 7.44. The van der Waals surface area contributed by atoms with E-state index < -0.39 is 6.04 Å². The van der Waals surface area contributed by atoms with Crippen molar-refractivity contribution in [3.05, 3.63) is 58.3 Å². The maximum absolute atomic E-state index is 12.6. The van der Waals surface area contributed by atoms with Gasteiger partial charge in [0.15, 0.2) is 0 Å². The van der Waals surface area contributed by atoms with Crippen LogP contribution in [0.2, 0.25) is 0 Å². The number of carbonyl (C=O) groups excluding carboxylic acids is 2. The number of hydrogen-bond donors (Lipinski definition) is 2. The number of aromatic nitrogens is 1. The van der Waals surface area contributed by atoms with Gasteiger partial charge < -0.3 is 15.2 Å². The molecule has 5 nitrogen and oxygen atoms in total. The van der Waals surface area contributed by atoms with E-state index in [1.54, 1.807) is 23.2 Å². The highest BCUT2D eigenvalue weighted by molar-refractivity contribution is 9.10. The van der Waals surface area contributed by atoms with Crippen LogP contribution in [-0.4, -0.2) is 34.8 Å². The van der Waals surface area contributed by atoms with Crippen molar-refractivity contribution in [2.45, 2.75) is 6.04 Å². The molecule has 1 fully saturated rings. The summed E-state index contributed by atoms with van der Waals surface area (Å²) >= 11 is 3.46. The van der Waals surface area contributed by atoms with Crippen molar-refractivity contribution in [1.29, 1.82) is 0 Å². The zero-order chi connectivity index (χ0) is 14.8. The molecule has 1 aromatic carbocycles. The van der Waals surface area contributed by atoms with Crippen LogP contribution < -0.4 is 5.32 Å². The van der Waals surface area contributed by atoms with Gasteiger partial charge in [0, 0.05) is 23.8 Å². The van der Waals surface area contributed by atoms with Crippen LogP contribution in [0, 0.1) is 0 Å². The van der Waals surface area contributed by atoms with Crippen molar-refractivity contribution in [2.75, 3.05) is 13.1 Å². The number of rotatable bonds is 2. The molecule has 108 valence electrons. The molecule has 2 heterocycles. The Bertz CT molecular complexity index is 669. The van der Waals surface area contributed by atoms with Gasteiger partial charge in [0.1, 0.15) is 11.7 Å². The lowest BCUT2D eigenvalue weighted by Crippen LogP contribution is -2.52. The van der Waals surface area contributed by atoms with Gasteiger partial charge in [0.05, 0.1) is 0 Å². The SMILES string of the molecule is O=C1NCCN(C(=O)c2ccc[nH]2)[C@@H]1c1ccccc1Br. The van der Waals surface area contributed by atoms with Gasteiger partial charge in [0.2, 0.25) is 5.91 Å². The van der Waals surface area contributed by atoms with Gasteiger partial charge in [-0.15, -0.1) is 0 Å². The van der Waals surface area contributed by atoms with E-state index in [4.69, 9.17) is 0 Å². The molecule has 0 radical (unpaired) electrons. The van der Waals surface area contributed by atoms with Crippen LogP contribution in [0.1, 0.15) is 22.1 Å². The van der Waals surface area contributed by atoms with Gasteiger partial charge in [0.25, 0.3) is 5.91 Å². The van der Waals surface area contributed by atoms with Gasteiger partial charge in [-0.3, -0.25) is 9.59 Å². The Morgan fingerprint density at radius 2 is 2.05 bits per heavy atom. The average molecular weight is 348 g/mol. The Morgan fingerprint density at radius 1 is 1.24 bits per heavy atom. The van der Waals surface area contributed by atoms with E-state index in [0.29, 0.717) is 18.8 Å². The van der Waals surface area contributed by atoms with Crippen molar-refractivity contribution >= 4 is 27.7 Å². The van der Waals surface area contributed by atoms with E-state index in [0.717, 1.165) is 10.0 Å². The summed E-state index contributed by atoms with van der Waals surface area (Å²) in [5.74, 6) is -0.330. The first kappa shape index (κ1) is 13.9. The Labute approximate surface area is 130 Å². The molecule has 1 saturated heterocycles. The molecule has 0 aliphatic carbocycles. The molecule has 1 aromatic heterocycles. The number of aromatic amines is 1. The highest BCUT2D eigenvalue weighted by Gasteiger charge is 2.35. The van der Waals surface area contributed by atoms with Crippen LogP contribution in [0.3, 0.4) is 0 Å². The minimum absolute atomic E-state index is 0.159. The van der Waals surface area contributed by atoms with Crippen LogP contribution in [0.4, 0.5) is 0 Å². The molecule has 2 aromatic rings. The van der Waals surface area contributed by atoms with Crippen molar-refractivity contribution in [1.82, 2.24) is 15.2 Å². The predicted octanol–water partition coefficient (Wildman–Crippen LogP) is 2.09. The third kappa shape index (κ3) is 2.58. The van der Waals surface area contributed by atoms with Gasteiger partial charge in [-0.25, -0.2) is 0 Å². The van der Waals surface area contributed by atoms with E-state index in [9.17, 15) is 9.59 Å². The van der Waals surface area contributed by atoms with E-state index in [1.807, 2.05) is 24.3 Å². The minimum Gasteiger partial charge on any atom is -0.357 e. The molecule has 1 aliphatic heterocycles. The quantitative estimate of drug-likeness (QED) is 0.873. The summed E-state index contributed by atoms with van der Waals surface area (Å²) in [5, 5.41) is 2.82. The summed E-state index contributed by atoms with van der Waals surface area (Å²) < 4.78 is 0.816. The van der Waals surface area contributed by atoms with Crippen molar-refractivity contribution in [3.8, 4) is 0 Å². The van der Waals surface area contributed by atoms with Crippen LogP contribution in [0.25, 0.3) is 0 Å². The summed E-state index contributed by atoms with van der Waals surface area (Å²) in [6.45, 7) is 0.946. The summed E-state index contributed by atoms with van der Waals surface area (Å²) in [6.07, 6.45) is 1.70. The fourth-order valence-electron chi connectivity index (χ4n) is 2.51. The second-order valence-electron chi connectivity index (χ2n) is 4.80. The molecule has 0 unspecified atom stereocenters. The molecular formula is C15H14BrN3O2. The number of amides is 2. The van der Waals surface area contributed by atoms with E-state index in [2.05, 4.69) is 26.2 Å². The Hall–Kier alpha value is -2.08. The lowest BCUT2D eigenvalue weighted by atomic mass is 10.0. The first-order chi connectivity index (χ1) is 10.2. The summed E-state index contributed by atoms with van der Waals surface area (Å²) in [6, 6.07) is 10.3. The van der Waals surface area contributed by atoms with Gasteiger partial charge in [-0.1, -0.05) is 34.1 Å². The average Bonchev–Trinajstić information content (AvgIpc) is 3.01. The lowest BCUT2D eigenvalue weighted by molar-refractivity contribution is -0.128. The first-order valence-electron chi connectivity index (χ1n) is 6.65. The predicted molar refractivity (Wildman–Crippen MR) is 81.7 cm³/mol. The smallest absolute Gasteiger partial charge is 0.271 e. The van der Waals surface area contributed by atoms with Gasteiger partial charge in [-0.05, 0) is 23.8 Å². The van der Waals surface area contributed by atoms with Gasteiger partial charge >= 0.3 is 0 Å². The third-order valence-electron chi connectivity index (χ3n) is 3.50. The number of nitrogens with one attached hydrogen (secondary N) is 2. The Morgan fingerprint density at radius 3 is 2.76 bits per heavy atom. The second-order valence-corrected chi connectivity index (χ2v) is 5.65. The Kier molecular flexibility index (Phi) is 3.79. The molecule has 2 amide bonds. The summed E-state index contributed by atoms with van der Waals surface area (Å²) in [7, 11) is 0.